The summed E-state index contributed by atoms with van der Waals surface area (Å²) in [5, 5.41) is 0. The van der Waals surface area contributed by atoms with Crippen molar-refractivity contribution in [3.8, 4) is 0 Å². The van der Waals surface area contributed by atoms with Crippen LogP contribution in [0.3, 0.4) is 0 Å². The molecule has 0 spiro atoms. The van der Waals surface area contributed by atoms with Crippen molar-refractivity contribution in [3.05, 3.63) is 0 Å². The second-order valence-electron chi connectivity index (χ2n) is 5.75. The molecule has 16 heavy (non-hydrogen) atoms. The van der Waals surface area contributed by atoms with Gasteiger partial charge in [-0.25, -0.2) is 4.79 Å². The lowest BCUT2D eigenvalue weighted by Crippen LogP contribution is -2.31. The first-order chi connectivity index (χ1) is 7.39. The molecule has 1 aliphatic rings. The predicted molar refractivity (Wildman–Crippen MR) is 63.4 cm³/mol. The van der Waals surface area contributed by atoms with Crippen LogP contribution >= 0.6 is 0 Å². The fourth-order valence-electron chi connectivity index (χ4n) is 1.67. The van der Waals surface area contributed by atoms with Gasteiger partial charge in [0, 0.05) is 0 Å². The lowest BCUT2D eigenvalue weighted by molar-refractivity contribution is -0.0330. The minimum atomic E-state index is -0.505. The van der Waals surface area contributed by atoms with Crippen LogP contribution in [0, 0.1) is 5.41 Å². The zero-order chi connectivity index (χ0) is 12.2. The average Bonchev–Trinajstić information content (AvgIpc) is 2.17. The number of carbonyl (C=O) groups is 1. The number of hydrogen-bond acceptors (Lipinski definition) is 3. The van der Waals surface area contributed by atoms with Crippen molar-refractivity contribution >= 4 is 6.16 Å². The molecular weight excluding hydrogens is 204 g/mol. The maximum atomic E-state index is 11.5. The Hall–Kier alpha value is -0.730. The Kier molecular flexibility index (Phi) is 4.63. The monoisotopic (exact) mass is 228 g/mol. The normalized spacial score (nSPS) is 20.2. The summed E-state index contributed by atoms with van der Waals surface area (Å²) < 4.78 is 10.6. The molecule has 0 bridgehead atoms. The van der Waals surface area contributed by atoms with Crippen LogP contribution in [0.1, 0.15) is 59.8 Å². The van der Waals surface area contributed by atoms with E-state index in [2.05, 4.69) is 0 Å². The van der Waals surface area contributed by atoms with Crippen LogP contribution < -0.4 is 0 Å². The van der Waals surface area contributed by atoms with Crippen LogP contribution in [0.5, 0.6) is 0 Å². The highest BCUT2D eigenvalue weighted by Gasteiger charge is 2.26. The van der Waals surface area contributed by atoms with E-state index in [1.165, 1.54) is 6.42 Å². The summed E-state index contributed by atoms with van der Waals surface area (Å²) in [6, 6.07) is 0. The van der Waals surface area contributed by atoms with E-state index in [4.69, 9.17) is 9.47 Å². The topological polar surface area (TPSA) is 35.5 Å². The van der Waals surface area contributed by atoms with Gasteiger partial charge in [-0.15, -0.1) is 0 Å². The number of carbonyl (C=O) groups excluding carboxylic acids is 1. The molecule has 1 rings (SSSR count). The van der Waals surface area contributed by atoms with Gasteiger partial charge in [0.2, 0.25) is 0 Å². The van der Waals surface area contributed by atoms with Crippen molar-refractivity contribution in [3.63, 3.8) is 0 Å². The van der Waals surface area contributed by atoms with E-state index in [9.17, 15) is 4.79 Å². The van der Waals surface area contributed by atoms with Crippen molar-refractivity contribution in [2.75, 3.05) is 0 Å². The summed E-state index contributed by atoms with van der Waals surface area (Å²) in [5.74, 6) is 0. The number of ether oxygens (including phenoxy) is 2. The predicted octanol–water partition coefficient (Wildman–Crippen LogP) is 3.91. The van der Waals surface area contributed by atoms with Gasteiger partial charge in [-0.2, -0.15) is 0 Å². The maximum Gasteiger partial charge on any atom is 0.508 e. The largest absolute Gasteiger partial charge is 0.508 e. The Bertz CT molecular complexity index is 224. The third-order valence-corrected chi connectivity index (χ3v) is 3.31. The van der Waals surface area contributed by atoms with Gasteiger partial charge < -0.3 is 9.47 Å². The molecule has 3 heteroatoms. The molecule has 1 fully saturated rings. The van der Waals surface area contributed by atoms with Crippen molar-refractivity contribution in [2.24, 2.45) is 5.41 Å². The Morgan fingerprint density at radius 3 is 2.25 bits per heavy atom. The first-order valence-electron chi connectivity index (χ1n) is 6.27. The summed E-state index contributed by atoms with van der Waals surface area (Å²) in [7, 11) is 0. The van der Waals surface area contributed by atoms with E-state index < -0.39 is 6.16 Å². The van der Waals surface area contributed by atoms with Crippen molar-refractivity contribution in [1.29, 1.82) is 0 Å². The molecule has 0 aromatic rings. The summed E-state index contributed by atoms with van der Waals surface area (Å²) in [6.07, 6.45) is 5.00. The van der Waals surface area contributed by atoms with E-state index in [1.54, 1.807) is 0 Å². The quantitative estimate of drug-likeness (QED) is 0.672. The average molecular weight is 228 g/mol. The summed E-state index contributed by atoms with van der Waals surface area (Å²) in [6.45, 7) is 8.05. The molecular formula is C13H24O3. The lowest BCUT2D eigenvalue weighted by Gasteiger charge is -2.28. The van der Waals surface area contributed by atoms with Crippen LogP contribution in [0.25, 0.3) is 0 Å². The minimum absolute atomic E-state index is 0.0361. The molecule has 0 heterocycles. The molecule has 0 unspecified atom stereocenters. The van der Waals surface area contributed by atoms with Crippen molar-refractivity contribution < 1.29 is 14.3 Å². The van der Waals surface area contributed by atoms with Crippen LogP contribution in [0.15, 0.2) is 0 Å². The standard InChI is InChI=1S/C13H24O3/c1-10(13(2,3)4)15-12(14)16-11-8-6-5-7-9-11/h10-11H,5-9H2,1-4H3/t10-/m1/s1. The molecule has 94 valence electrons. The Balaban J connectivity index is 2.29. The summed E-state index contributed by atoms with van der Waals surface area (Å²) >= 11 is 0. The molecule has 0 N–H and O–H groups in total. The molecule has 0 aliphatic heterocycles. The molecule has 0 radical (unpaired) electrons. The molecule has 1 atom stereocenters. The lowest BCUT2D eigenvalue weighted by atomic mass is 9.90. The Labute approximate surface area is 98.5 Å². The third kappa shape index (κ3) is 4.42. The van der Waals surface area contributed by atoms with E-state index in [1.807, 2.05) is 27.7 Å². The van der Waals surface area contributed by atoms with Gasteiger partial charge in [0.1, 0.15) is 12.2 Å². The fraction of sp³-hybridized carbons (Fsp3) is 0.923. The first-order valence-corrected chi connectivity index (χ1v) is 6.27. The highest BCUT2D eigenvalue weighted by molar-refractivity contribution is 5.60. The van der Waals surface area contributed by atoms with Crippen LogP contribution in [0.4, 0.5) is 4.79 Å². The second-order valence-corrected chi connectivity index (χ2v) is 5.75. The van der Waals surface area contributed by atoms with Crippen LogP contribution in [-0.4, -0.2) is 18.4 Å². The van der Waals surface area contributed by atoms with Gasteiger partial charge in [-0.05, 0) is 38.0 Å². The van der Waals surface area contributed by atoms with Gasteiger partial charge in [-0.1, -0.05) is 27.2 Å². The highest BCUT2D eigenvalue weighted by atomic mass is 16.7. The molecule has 0 aromatic carbocycles. The third-order valence-electron chi connectivity index (χ3n) is 3.31. The fourth-order valence-corrected chi connectivity index (χ4v) is 1.67. The zero-order valence-electron chi connectivity index (χ0n) is 10.9. The van der Waals surface area contributed by atoms with Gasteiger partial charge in [-0.3, -0.25) is 0 Å². The van der Waals surface area contributed by atoms with Gasteiger partial charge >= 0.3 is 6.16 Å². The van der Waals surface area contributed by atoms with E-state index >= 15 is 0 Å². The van der Waals surface area contributed by atoms with E-state index in [0.29, 0.717) is 0 Å². The minimum Gasteiger partial charge on any atom is -0.431 e. The molecule has 0 saturated heterocycles. The van der Waals surface area contributed by atoms with Crippen molar-refractivity contribution in [1.82, 2.24) is 0 Å². The molecule has 3 nitrogen and oxygen atoms in total. The smallest absolute Gasteiger partial charge is 0.431 e. The van der Waals surface area contributed by atoms with E-state index in [-0.39, 0.29) is 17.6 Å². The van der Waals surface area contributed by atoms with Gasteiger partial charge in [0.15, 0.2) is 0 Å². The second kappa shape index (κ2) is 5.55. The molecule has 0 aromatic heterocycles. The highest BCUT2D eigenvalue weighted by Crippen LogP contribution is 2.24. The Morgan fingerprint density at radius 1 is 1.19 bits per heavy atom. The number of hydrogen-bond donors (Lipinski definition) is 0. The van der Waals surface area contributed by atoms with Gasteiger partial charge in [0.05, 0.1) is 0 Å². The molecule has 1 aliphatic carbocycles. The Morgan fingerprint density at radius 2 is 1.75 bits per heavy atom. The molecule has 1 saturated carbocycles. The van der Waals surface area contributed by atoms with Gasteiger partial charge in [0.25, 0.3) is 0 Å². The SMILES string of the molecule is C[C@@H](OC(=O)OC1CCCCC1)C(C)(C)C. The van der Waals surface area contributed by atoms with Crippen LogP contribution in [-0.2, 0) is 9.47 Å². The number of rotatable bonds is 2. The van der Waals surface area contributed by atoms with Crippen LogP contribution in [0.2, 0.25) is 0 Å². The first kappa shape index (κ1) is 13.3. The zero-order valence-corrected chi connectivity index (χ0v) is 10.9. The summed E-state index contributed by atoms with van der Waals surface area (Å²) in [4.78, 5) is 11.5. The van der Waals surface area contributed by atoms with E-state index in [0.717, 1.165) is 25.7 Å². The molecule has 0 amide bonds. The van der Waals surface area contributed by atoms with Crippen molar-refractivity contribution in [2.45, 2.75) is 72.0 Å². The summed E-state index contributed by atoms with van der Waals surface area (Å²) in [5.41, 5.74) is -0.0361. The maximum absolute atomic E-state index is 11.5.